The van der Waals surface area contributed by atoms with Gasteiger partial charge < -0.3 is 15.0 Å². The lowest BCUT2D eigenvalue weighted by molar-refractivity contribution is 0.104. The van der Waals surface area contributed by atoms with Crippen molar-refractivity contribution in [3.8, 4) is 17.0 Å². The number of ketones is 1. The maximum Gasteiger partial charge on any atom is 0.196 e. The van der Waals surface area contributed by atoms with E-state index in [1.165, 1.54) is 0 Å². The summed E-state index contributed by atoms with van der Waals surface area (Å²) in [5.74, 6) is 0.906. The number of ether oxygens (including phenoxy) is 1. The fourth-order valence-corrected chi connectivity index (χ4v) is 5.07. The highest BCUT2D eigenvalue weighted by Gasteiger charge is 2.21. The summed E-state index contributed by atoms with van der Waals surface area (Å²) in [6.45, 7) is 2.46. The number of halogens is 1. The second kappa shape index (κ2) is 10.2. The van der Waals surface area contributed by atoms with Gasteiger partial charge in [0.05, 0.1) is 10.7 Å². The van der Waals surface area contributed by atoms with Gasteiger partial charge in [-0.25, -0.2) is 4.98 Å². The summed E-state index contributed by atoms with van der Waals surface area (Å²) >= 11 is 6.53. The molecule has 1 aliphatic rings. The molecule has 0 amide bonds. The smallest absolute Gasteiger partial charge is 0.196 e. The molecule has 4 heterocycles. The molecule has 0 atom stereocenters. The van der Waals surface area contributed by atoms with Crippen molar-refractivity contribution in [2.75, 3.05) is 13.1 Å². The first kappa shape index (κ1) is 23.5. The van der Waals surface area contributed by atoms with Crippen LogP contribution in [-0.2, 0) is 6.61 Å². The molecule has 3 aromatic heterocycles. The van der Waals surface area contributed by atoms with Crippen molar-refractivity contribution in [2.45, 2.75) is 25.4 Å². The van der Waals surface area contributed by atoms with Crippen LogP contribution in [0, 0.1) is 0 Å². The highest BCUT2D eigenvalue weighted by atomic mass is 35.5. The molecule has 37 heavy (non-hydrogen) atoms. The number of fused-ring (bicyclic) bond motifs is 1. The Morgan fingerprint density at radius 2 is 1.86 bits per heavy atom. The Labute approximate surface area is 219 Å². The number of H-pyrrole nitrogens is 2. The van der Waals surface area contributed by atoms with E-state index in [9.17, 15) is 4.79 Å². The molecule has 2 aromatic carbocycles. The normalized spacial score (nSPS) is 14.2. The standard InChI is InChI=1S/C29H26ClN5O2/c30-25-13-21(37-17-18-4-2-1-3-5-18)6-7-22(25)28(36)24-16-33-29-23(24)12-20(15-32-29)27-14-26(34-35-27)19-8-10-31-11-9-19/h1-7,12-16,19,31H,8-11,17H2,(H,32,33)(H,34,35). The van der Waals surface area contributed by atoms with Gasteiger partial charge in [0.1, 0.15) is 18.0 Å². The molecule has 0 bridgehead atoms. The Morgan fingerprint density at radius 3 is 2.68 bits per heavy atom. The highest BCUT2D eigenvalue weighted by Crippen LogP contribution is 2.31. The number of piperidine rings is 1. The number of nitrogens with zero attached hydrogens (tertiary/aromatic N) is 2. The summed E-state index contributed by atoms with van der Waals surface area (Å²) in [5.41, 5.74) is 5.43. The minimum absolute atomic E-state index is 0.178. The van der Waals surface area contributed by atoms with Gasteiger partial charge in [0, 0.05) is 46.1 Å². The molecule has 0 saturated carbocycles. The summed E-state index contributed by atoms with van der Waals surface area (Å²) in [4.78, 5) is 21.1. The maximum absolute atomic E-state index is 13.5. The van der Waals surface area contributed by atoms with E-state index < -0.39 is 0 Å². The Bertz CT molecular complexity index is 1550. The van der Waals surface area contributed by atoms with Gasteiger partial charge in [0.2, 0.25) is 0 Å². The number of carbonyl (C=O) groups is 1. The summed E-state index contributed by atoms with van der Waals surface area (Å²) in [6, 6.07) is 19.1. The highest BCUT2D eigenvalue weighted by molar-refractivity contribution is 6.35. The van der Waals surface area contributed by atoms with E-state index in [2.05, 4.69) is 31.5 Å². The number of carbonyl (C=O) groups excluding carboxylic acids is 1. The van der Waals surface area contributed by atoms with Crippen molar-refractivity contribution >= 4 is 28.4 Å². The molecule has 1 saturated heterocycles. The average Bonchev–Trinajstić information content (AvgIpc) is 3.60. The summed E-state index contributed by atoms with van der Waals surface area (Å²) in [5, 5.41) is 12.2. The van der Waals surface area contributed by atoms with Gasteiger partial charge in [-0.2, -0.15) is 5.10 Å². The quantitative estimate of drug-likeness (QED) is 0.237. The number of hydrogen-bond acceptors (Lipinski definition) is 5. The molecule has 0 aliphatic carbocycles. The van der Waals surface area contributed by atoms with E-state index in [0.717, 1.165) is 53.8 Å². The summed E-state index contributed by atoms with van der Waals surface area (Å²) in [6.07, 6.45) is 5.64. The van der Waals surface area contributed by atoms with Crippen molar-refractivity contribution in [2.24, 2.45) is 0 Å². The van der Waals surface area contributed by atoms with Gasteiger partial charge in [-0.3, -0.25) is 9.89 Å². The van der Waals surface area contributed by atoms with E-state index in [4.69, 9.17) is 16.3 Å². The largest absolute Gasteiger partial charge is 0.489 e. The van der Waals surface area contributed by atoms with E-state index >= 15 is 0 Å². The van der Waals surface area contributed by atoms with Gasteiger partial charge in [0.25, 0.3) is 0 Å². The number of benzene rings is 2. The van der Waals surface area contributed by atoms with Crippen LogP contribution in [0.5, 0.6) is 5.75 Å². The van der Waals surface area contributed by atoms with Gasteiger partial charge in [0.15, 0.2) is 5.78 Å². The van der Waals surface area contributed by atoms with Crippen molar-refractivity contribution in [3.05, 3.63) is 100 Å². The van der Waals surface area contributed by atoms with Crippen LogP contribution >= 0.6 is 11.6 Å². The molecule has 0 radical (unpaired) electrons. The third kappa shape index (κ3) is 4.88. The van der Waals surface area contributed by atoms with Gasteiger partial charge in [-0.05, 0) is 61.8 Å². The zero-order valence-electron chi connectivity index (χ0n) is 20.1. The van der Waals surface area contributed by atoms with Crippen LogP contribution in [-0.4, -0.2) is 39.0 Å². The van der Waals surface area contributed by atoms with Crippen molar-refractivity contribution < 1.29 is 9.53 Å². The number of rotatable bonds is 7. The molecule has 1 fully saturated rings. The number of nitrogens with one attached hydrogen (secondary N) is 3. The van der Waals surface area contributed by atoms with Crippen LogP contribution in [0.4, 0.5) is 0 Å². The van der Waals surface area contributed by atoms with E-state index in [1.807, 2.05) is 36.4 Å². The zero-order chi connectivity index (χ0) is 25.2. The second-order valence-electron chi connectivity index (χ2n) is 9.30. The first-order chi connectivity index (χ1) is 18.2. The average molecular weight is 512 g/mol. The predicted octanol–water partition coefficient (Wildman–Crippen LogP) is 5.88. The molecular weight excluding hydrogens is 486 g/mol. The van der Waals surface area contributed by atoms with E-state index in [-0.39, 0.29) is 5.78 Å². The zero-order valence-corrected chi connectivity index (χ0v) is 20.9. The lowest BCUT2D eigenvalue weighted by Crippen LogP contribution is -2.26. The maximum atomic E-state index is 13.5. The predicted molar refractivity (Wildman–Crippen MR) is 144 cm³/mol. The lowest BCUT2D eigenvalue weighted by atomic mass is 9.94. The Kier molecular flexibility index (Phi) is 6.47. The van der Waals surface area contributed by atoms with Crippen LogP contribution in [0.3, 0.4) is 0 Å². The van der Waals surface area contributed by atoms with E-state index in [1.54, 1.807) is 30.6 Å². The minimum atomic E-state index is -0.178. The number of aromatic nitrogens is 4. The fraction of sp³-hybridized carbons (Fsp3) is 0.207. The third-order valence-electron chi connectivity index (χ3n) is 6.88. The summed E-state index contributed by atoms with van der Waals surface area (Å²) in [7, 11) is 0. The molecule has 6 rings (SSSR count). The van der Waals surface area contributed by atoms with Crippen LogP contribution in [0.2, 0.25) is 5.02 Å². The first-order valence-electron chi connectivity index (χ1n) is 12.4. The SMILES string of the molecule is O=C(c1ccc(OCc2ccccc2)cc1Cl)c1c[nH]c2ncc(-c3cc(C4CCNCC4)[nH]n3)cc12. The molecule has 3 N–H and O–H groups in total. The number of pyridine rings is 1. The molecule has 1 aliphatic heterocycles. The topological polar surface area (TPSA) is 95.7 Å². The Morgan fingerprint density at radius 1 is 1.03 bits per heavy atom. The van der Waals surface area contributed by atoms with Gasteiger partial charge >= 0.3 is 0 Å². The Hall–Kier alpha value is -3.94. The lowest BCUT2D eigenvalue weighted by Gasteiger charge is -2.20. The fourth-order valence-electron chi connectivity index (χ4n) is 4.81. The van der Waals surface area contributed by atoms with Crippen LogP contribution in [0.25, 0.3) is 22.3 Å². The molecule has 5 aromatic rings. The van der Waals surface area contributed by atoms with Crippen LogP contribution < -0.4 is 10.1 Å². The van der Waals surface area contributed by atoms with Crippen molar-refractivity contribution in [1.29, 1.82) is 0 Å². The minimum Gasteiger partial charge on any atom is -0.489 e. The first-order valence-corrected chi connectivity index (χ1v) is 12.8. The summed E-state index contributed by atoms with van der Waals surface area (Å²) < 4.78 is 5.85. The van der Waals surface area contributed by atoms with Crippen molar-refractivity contribution in [3.63, 3.8) is 0 Å². The third-order valence-corrected chi connectivity index (χ3v) is 7.19. The van der Waals surface area contributed by atoms with Gasteiger partial charge in [-0.1, -0.05) is 41.9 Å². The van der Waals surface area contributed by atoms with Crippen LogP contribution in [0.1, 0.15) is 45.9 Å². The molecule has 8 heteroatoms. The van der Waals surface area contributed by atoms with Gasteiger partial charge in [-0.15, -0.1) is 0 Å². The molecule has 186 valence electrons. The monoisotopic (exact) mass is 511 g/mol. The van der Waals surface area contributed by atoms with Crippen LogP contribution in [0.15, 0.2) is 73.1 Å². The second-order valence-corrected chi connectivity index (χ2v) is 9.71. The van der Waals surface area contributed by atoms with Crippen molar-refractivity contribution in [1.82, 2.24) is 25.5 Å². The molecule has 0 spiro atoms. The van der Waals surface area contributed by atoms with E-state index in [0.29, 0.717) is 40.1 Å². The number of hydrogen-bond donors (Lipinski definition) is 3. The molecule has 7 nitrogen and oxygen atoms in total. The number of aromatic amines is 2. The Balaban J connectivity index is 1.24. The molecular formula is C29H26ClN5O2. The molecule has 0 unspecified atom stereocenters.